The number of nitrogens with zero attached hydrogens (tertiary/aromatic N) is 1. The molecular weight excluding hydrogens is 392 g/mol. The predicted molar refractivity (Wildman–Crippen MR) is 104 cm³/mol. The highest BCUT2D eigenvalue weighted by Crippen LogP contribution is 2.27. The maximum absolute atomic E-state index is 12.1. The number of benzene rings is 1. The Balaban J connectivity index is 1.52. The summed E-state index contributed by atoms with van der Waals surface area (Å²) in [6.45, 7) is 1.47. The van der Waals surface area contributed by atoms with E-state index in [0.29, 0.717) is 5.02 Å². The minimum Gasteiger partial charge on any atom is -0.451 e. The minimum absolute atomic E-state index is 0.203. The van der Waals surface area contributed by atoms with Crippen LogP contribution in [0.2, 0.25) is 5.02 Å². The molecule has 0 radical (unpaired) electrons. The lowest BCUT2D eigenvalue weighted by Gasteiger charge is -2.14. The zero-order valence-corrected chi connectivity index (χ0v) is 16.2. The Kier molecular flexibility index (Phi) is 6.03. The number of thiazole rings is 1. The summed E-state index contributed by atoms with van der Waals surface area (Å²) in [7, 11) is 0. The first-order valence-electron chi connectivity index (χ1n) is 7.74. The summed E-state index contributed by atoms with van der Waals surface area (Å²) in [5.74, 6) is -1.01. The van der Waals surface area contributed by atoms with Crippen molar-refractivity contribution >= 4 is 46.2 Å². The van der Waals surface area contributed by atoms with Gasteiger partial charge in [0, 0.05) is 10.4 Å². The van der Waals surface area contributed by atoms with E-state index in [4.69, 9.17) is 16.3 Å². The van der Waals surface area contributed by atoms with Gasteiger partial charge in [-0.15, -0.1) is 22.7 Å². The van der Waals surface area contributed by atoms with E-state index in [1.54, 1.807) is 28.8 Å². The number of carbonyl (C=O) groups is 2. The molecule has 1 amide bonds. The van der Waals surface area contributed by atoms with Crippen molar-refractivity contribution in [2.75, 3.05) is 6.61 Å². The van der Waals surface area contributed by atoms with Crippen LogP contribution in [-0.2, 0) is 9.53 Å². The van der Waals surface area contributed by atoms with Crippen molar-refractivity contribution in [3.63, 3.8) is 0 Å². The second-order valence-electron chi connectivity index (χ2n) is 5.44. The molecule has 0 bridgehead atoms. The first-order chi connectivity index (χ1) is 12.5. The van der Waals surface area contributed by atoms with Crippen molar-refractivity contribution in [2.45, 2.75) is 13.0 Å². The first kappa shape index (κ1) is 18.6. The van der Waals surface area contributed by atoms with Gasteiger partial charge in [-0.2, -0.15) is 0 Å². The number of esters is 1. The normalized spacial score (nSPS) is 11.8. The Labute approximate surface area is 163 Å². The molecule has 0 spiro atoms. The van der Waals surface area contributed by atoms with Crippen LogP contribution in [0.25, 0.3) is 9.88 Å². The molecular formula is C18H15ClN2O3S2. The Hall–Kier alpha value is -2.22. The molecule has 1 N–H and O–H groups in total. The molecule has 0 saturated heterocycles. The lowest BCUT2D eigenvalue weighted by Crippen LogP contribution is -2.31. The molecule has 26 heavy (non-hydrogen) atoms. The average Bonchev–Trinajstić information content (AvgIpc) is 3.30. The fraction of sp³-hybridized carbons (Fsp3) is 0.167. The summed E-state index contributed by atoms with van der Waals surface area (Å²) in [4.78, 5) is 29.3. The van der Waals surface area contributed by atoms with E-state index in [0.717, 1.165) is 15.4 Å². The molecule has 0 unspecified atom stereocenters. The lowest BCUT2D eigenvalue weighted by molar-refractivity contribution is -0.124. The third-order valence-corrected chi connectivity index (χ3v) is 5.62. The monoisotopic (exact) mass is 406 g/mol. The van der Waals surface area contributed by atoms with Crippen molar-refractivity contribution in [3.05, 3.63) is 63.4 Å². The molecule has 134 valence electrons. The molecule has 3 rings (SSSR count). The second-order valence-corrected chi connectivity index (χ2v) is 7.68. The van der Waals surface area contributed by atoms with Crippen LogP contribution in [0.4, 0.5) is 0 Å². The number of thiophene rings is 1. The largest absolute Gasteiger partial charge is 0.451 e. The average molecular weight is 407 g/mol. The smallest absolute Gasteiger partial charge is 0.358 e. The van der Waals surface area contributed by atoms with E-state index in [9.17, 15) is 9.59 Å². The zero-order chi connectivity index (χ0) is 18.5. The molecule has 5 nitrogen and oxygen atoms in total. The van der Waals surface area contributed by atoms with E-state index >= 15 is 0 Å². The Bertz CT molecular complexity index is 909. The van der Waals surface area contributed by atoms with Crippen LogP contribution >= 0.6 is 34.3 Å². The number of nitrogens with one attached hydrogen (secondary N) is 1. The molecule has 2 heterocycles. The molecule has 0 aliphatic carbocycles. The quantitative estimate of drug-likeness (QED) is 0.609. The van der Waals surface area contributed by atoms with E-state index in [2.05, 4.69) is 10.3 Å². The molecule has 0 saturated carbocycles. The number of ether oxygens (including phenoxy) is 1. The molecule has 3 aromatic rings. The summed E-state index contributed by atoms with van der Waals surface area (Å²) >= 11 is 8.86. The number of halogens is 1. The predicted octanol–water partition coefficient (Wildman–Crippen LogP) is 4.56. The standard InChI is InChI=1S/C18H15ClN2O3S2/c1-11(12-4-2-5-13(19)8-12)20-16(22)9-24-18(23)14-10-26-17(21-14)15-6-3-7-25-15/h2-8,10-11H,9H2,1H3,(H,20,22)/t11-/m1/s1. The Morgan fingerprint density at radius 1 is 1.27 bits per heavy atom. The summed E-state index contributed by atoms with van der Waals surface area (Å²) < 4.78 is 5.05. The number of rotatable bonds is 6. The van der Waals surface area contributed by atoms with Crippen LogP contribution < -0.4 is 5.32 Å². The number of hydrogen-bond donors (Lipinski definition) is 1. The third-order valence-electron chi connectivity index (χ3n) is 3.51. The Morgan fingerprint density at radius 2 is 2.12 bits per heavy atom. The van der Waals surface area contributed by atoms with Gasteiger partial charge in [0.2, 0.25) is 0 Å². The van der Waals surface area contributed by atoms with Crippen molar-refractivity contribution in [3.8, 4) is 9.88 Å². The van der Waals surface area contributed by atoms with E-state index < -0.39 is 5.97 Å². The van der Waals surface area contributed by atoms with Crippen molar-refractivity contribution in [1.29, 1.82) is 0 Å². The molecule has 1 aromatic carbocycles. The highest BCUT2D eigenvalue weighted by molar-refractivity contribution is 7.20. The van der Waals surface area contributed by atoms with Gasteiger partial charge >= 0.3 is 5.97 Å². The van der Waals surface area contributed by atoms with Gasteiger partial charge in [-0.25, -0.2) is 9.78 Å². The maximum Gasteiger partial charge on any atom is 0.358 e. The van der Waals surface area contributed by atoms with Gasteiger partial charge in [-0.1, -0.05) is 29.8 Å². The number of carbonyl (C=O) groups excluding carboxylic acids is 2. The number of amides is 1. The summed E-state index contributed by atoms with van der Waals surface area (Å²) in [6.07, 6.45) is 0. The SMILES string of the molecule is C[C@@H](NC(=O)COC(=O)c1csc(-c2cccs2)n1)c1cccc(Cl)c1. The van der Waals surface area contributed by atoms with E-state index in [1.165, 1.54) is 11.3 Å². The molecule has 2 aromatic heterocycles. The van der Waals surface area contributed by atoms with E-state index in [1.807, 2.05) is 36.6 Å². The summed E-state index contributed by atoms with van der Waals surface area (Å²) in [5.41, 5.74) is 1.08. The molecule has 1 atom stereocenters. The fourth-order valence-electron chi connectivity index (χ4n) is 2.23. The molecule has 8 heteroatoms. The summed E-state index contributed by atoms with van der Waals surface area (Å²) in [5, 5.41) is 7.69. The highest BCUT2D eigenvalue weighted by atomic mass is 35.5. The third kappa shape index (κ3) is 4.69. The Morgan fingerprint density at radius 3 is 2.85 bits per heavy atom. The van der Waals surface area contributed by atoms with E-state index in [-0.39, 0.29) is 24.2 Å². The van der Waals surface area contributed by atoms with Crippen molar-refractivity contribution in [1.82, 2.24) is 10.3 Å². The zero-order valence-electron chi connectivity index (χ0n) is 13.8. The number of hydrogen-bond acceptors (Lipinski definition) is 6. The van der Waals surface area contributed by atoms with Crippen molar-refractivity contribution < 1.29 is 14.3 Å². The first-order valence-corrected chi connectivity index (χ1v) is 9.88. The summed E-state index contributed by atoms with van der Waals surface area (Å²) in [6, 6.07) is 10.8. The maximum atomic E-state index is 12.1. The van der Waals surface area contributed by atoms with Crippen LogP contribution in [0, 0.1) is 0 Å². The van der Waals surface area contributed by atoms with Gasteiger partial charge in [-0.05, 0) is 36.1 Å². The van der Waals surface area contributed by atoms with Gasteiger partial charge in [0.05, 0.1) is 10.9 Å². The van der Waals surface area contributed by atoms with Crippen LogP contribution in [0.3, 0.4) is 0 Å². The topological polar surface area (TPSA) is 68.3 Å². The van der Waals surface area contributed by atoms with Gasteiger partial charge in [0.15, 0.2) is 12.3 Å². The highest BCUT2D eigenvalue weighted by Gasteiger charge is 2.16. The van der Waals surface area contributed by atoms with Gasteiger partial charge in [0.1, 0.15) is 5.01 Å². The second kappa shape index (κ2) is 8.44. The molecule has 0 fully saturated rings. The van der Waals surface area contributed by atoms with Crippen LogP contribution in [0.1, 0.15) is 29.0 Å². The molecule has 0 aliphatic heterocycles. The van der Waals surface area contributed by atoms with Crippen molar-refractivity contribution in [2.24, 2.45) is 0 Å². The molecule has 0 aliphatic rings. The van der Waals surface area contributed by atoms with Crippen LogP contribution in [0.15, 0.2) is 47.2 Å². The van der Waals surface area contributed by atoms with Crippen LogP contribution in [0.5, 0.6) is 0 Å². The number of aromatic nitrogens is 1. The minimum atomic E-state index is -0.616. The van der Waals surface area contributed by atoms with Gasteiger partial charge < -0.3 is 10.1 Å². The fourth-order valence-corrected chi connectivity index (χ4v) is 4.03. The van der Waals surface area contributed by atoms with Gasteiger partial charge in [0.25, 0.3) is 5.91 Å². The van der Waals surface area contributed by atoms with Crippen LogP contribution in [-0.4, -0.2) is 23.5 Å². The lowest BCUT2D eigenvalue weighted by atomic mass is 10.1. The van der Waals surface area contributed by atoms with Gasteiger partial charge in [-0.3, -0.25) is 4.79 Å².